The summed E-state index contributed by atoms with van der Waals surface area (Å²) in [6.07, 6.45) is 0.148. The molecule has 116 valence electrons. The predicted molar refractivity (Wildman–Crippen MR) is 82.4 cm³/mol. The average molecular weight is 313 g/mol. The number of amides is 2. The van der Waals surface area contributed by atoms with Crippen LogP contribution in [0.2, 0.25) is 5.02 Å². The summed E-state index contributed by atoms with van der Waals surface area (Å²) < 4.78 is 5.49. The Balaban J connectivity index is 2.46. The van der Waals surface area contributed by atoms with Crippen LogP contribution in [0.5, 0.6) is 5.75 Å². The Bertz CT molecular complexity index is 476. The van der Waals surface area contributed by atoms with Crippen molar-refractivity contribution < 1.29 is 14.3 Å². The molecule has 0 aromatic heterocycles. The number of hydrogen-bond acceptors (Lipinski definition) is 3. The van der Waals surface area contributed by atoms with Crippen molar-refractivity contribution in [3.05, 3.63) is 29.3 Å². The normalized spacial score (nSPS) is 13.1. The Morgan fingerprint density at radius 1 is 1.19 bits per heavy atom. The molecule has 21 heavy (non-hydrogen) atoms. The van der Waals surface area contributed by atoms with Crippen molar-refractivity contribution in [1.29, 1.82) is 0 Å². The highest BCUT2D eigenvalue weighted by Crippen LogP contribution is 2.16. The molecule has 1 rings (SSSR count). The van der Waals surface area contributed by atoms with Gasteiger partial charge < -0.3 is 15.4 Å². The van der Waals surface area contributed by atoms with E-state index >= 15 is 0 Å². The van der Waals surface area contributed by atoms with Gasteiger partial charge in [-0.25, -0.2) is 0 Å². The average Bonchev–Trinajstić information content (AvgIpc) is 2.46. The van der Waals surface area contributed by atoms with Gasteiger partial charge in [0.1, 0.15) is 11.8 Å². The first kappa shape index (κ1) is 17.3. The summed E-state index contributed by atoms with van der Waals surface area (Å²) >= 11 is 5.78. The minimum Gasteiger partial charge on any atom is -0.481 e. The van der Waals surface area contributed by atoms with Crippen LogP contribution in [0.4, 0.5) is 0 Å². The quantitative estimate of drug-likeness (QED) is 0.810. The molecule has 0 aliphatic carbocycles. The zero-order valence-electron chi connectivity index (χ0n) is 12.5. The first-order chi connectivity index (χ1) is 9.93. The van der Waals surface area contributed by atoms with Crippen LogP contribution in [0.25, 0.3) is 0 Å². The molecular formula is C15H21ClN2O3. The van der Waals surface area contributed by atoms with Gasteiger partial charge >= 0.3 is 0 Å². The van der Waals surface area contributed by atoms with Crippen molar-refractivity contribution in [3.63, 3.8) is 0 Å². The number of rotatable bonds is 7. The van der Waals surface area contributed by atoms with Crippen LogP contribution in [-0.4, -0.2) is 30.5 Å². The lowest BCUT2D eigenvalue weighted by Crippen LogP contribution is -2.48. The van der Waals surface area contributed by atoms with E-state index in [-0.39, 0.29) is 11.8 Å². The van der Waals surface area contributed by atoms with Gasteiger partial charge in [-0.1, -0.05) is 18.5 Å². The fourth-order valence-corrected chi connectivity index (χ4v) is 1.69. The molecule has 0 aliphatic heterocycles. The largest absolute Gasteiger partial charge is 0.481 e. The first-order valence-corrected chi connectivity index (χ1v) is 7.32. The van der Waals surface area contributed by atoms with Crippen LogP contribution in [0.1, 0.15) is 27.2 Å². The van der Waals surface area contributed by atoms with Gasteiger partial charge in [-0.15, -0.1) is 0 Å². The lowest BCUT2D eigenvalue weighted by atomic mass is 10.2. The van der Waals surface area contributed by atoms with Gasteiger partial charge in [0.05, 0.1) is 0 Å². The molecule has 1 aromatic carbocycles. The topological polar surface area (TPSA) is 67.4 Å². The van der Waals surface area contributed by atoms with Gasteiger partial charge in [0.15, 0.2) is 6.10 Å². The van der Waals surface area contributed by atoms with Crippen molar-refractivity contribution in [2.75, 3.05) is 6.54 Å². The van der Waals surface area contributed by atoms with E-state index in [0.29, 0.717) is 17.3 Å². The van der Waals surface area contributed by atoms with Gasteiger partial charge in [-0.05, 0) is 44.5 Å². The molecule has 0 radical (unpaired) electrons. The Kier molecular flexibility index (Phi) is 7.02. The highest BCUT2D eigenvalue weighted by Gasteiger charge is 2.20. The number of nitrogens with one attached hydrogen (secondary N) is 2. The Labute approximate surface area is 130 Å². The van der Waals surface area contributed by atoms with Gasteiger partial charge in [0.25, 0.3) is 5.91 Å². The van der Waals surface area contributed by atoms with E-state index in [2.05, 4.69) is 10.6 Å². The first-order valence-electron chi connectivity index (χ1n) is 6.94. The van der Waals surface area contributed by atoms with E-state index in [1.807, 2.05) is 6.92 Å². The molecule has 2 amide bonds. The molecule has 1 aromatic rings. The molecule has 0 saturated heterocycles. The number of carbonyl (C=O) groups excluding carboxylic acids is 2. The smallest absolute Gasteiger partial charge is 0.261 e. The van der Waals surface area contributed by atoms with Crippen molar-refractivity contribution >= 4 is 23.4 Å². The summed E-state index contributed by atoms with van der Waals surface area (Å²) in [5.74, 6) is -0.00173. The van der Waals surface area contributed by atoms with E-state index < -0.39 is 12.1 Å². The van der Waals surface area contributed by atoms with Crippen LogP contribution in [-0.2, 0) is 9.59 Å². The fraction of sp³-hybridized carbons (Fsp3) is 0.467. The number of halogens is 1. The molecule has 5 nitrogen and oxygen atoms in total. The third-order valence-corrected chi connectivity index (χ3v) is 3.05. The SMILES string of the molecule is CCCNC(=O)[C@H](C)NC(=O)[C@@H](C)Oc1ccc(Cl)cc1. The van der Waals surface area contributed by atoms with E-state index in [4.69, 9.17) is 16.3 Å². The van der Waals surface area contributed by atoms with Crippen LogP contribution >= 0.6 is 11.6 Å². The summed E-state index contributed by atoms with van der Waals surface area (Å²) in [7, 11) is 0. The molecule has 0 bridgehead atoms. The van der Waals surface area contributed by atoms with Crippen molar-refractivity contribution in [1.82, 2.24) is 10.6 Å². The van der Waals surface area contributed by atoms with Crippen LogP contribution in [0.15, 0.2) is 24.3 Å². The van der Waals surface area contributed by atoms with Crippen LogP contribution in [0.3, 0.4) is 0 Å². The van der Waals surface area contributed by atoms with Crippen LogP contribution < -0.4 is 15.4 Å². The molecule has 6 heteroatoms. The van der Waals surface area contributed by atoms with Crippen molar-refractivity contribution in [2.24, 2.45) is 0 Å². The lowest BCUT2D eigenvalue weighted by molar-refractivity contribution is -0.132. The van der Waals surface area contributed by atoms with Gasteiger partial charge in [-0.2, -0.15) is 0 Å². The minimum atomic E-state index is -0.701. The molecule has 0 unspecified atom stereocenters. The molecule has 0 fully saturated rings. The number of carbonyl (C=O) groups is 2. The second-order valence-corrected chi connectivity index (χ2v) is 5.17. The Hall–Kier alpha value is -1.75. The van der Waals surface area contributed by atoms with Crippen molar-refractivity contribution in [2.45, 2.75) is 39.3 Å². The van der Waals surface area contributed by atoms with Gasteiger partial charge in [-0.3, -0.25) is 9.59 Å². The predicted octanol–water partition coefficient (Wildman–Crippen LogP) is 2.14. The number of ether oxygens (including phenoxy) is 1. The highest BCUT2D eigenvalue weighted by molar-refractivity contribution is 6.30. The second-order valence-electron chi connectivity index (χ2n) is 4.74. The maximum Gasteiger partial charge on any atom is 0.261 e. The van der Waals surface area contributed by atoms with E-state index in [1.54, 1.807) is 38.1 Å². The summed E-state index contributed by atoms with van der Waals surface area (Å²) in [4.78, 5) is 23.6. The summed E-state index contributed by atoms with van der Waals surface area (Å²) in [6.45, 7) is 5.82. The second kappa shape index (κ2) is 8.52. The minimum absolute atomic E-state index is 0.205. The zero-order chi connectivity index (χ0) is 15.8. The molecule has 0 spiro atoms. The molecule has 2 N–H and O–H groups in total. The summed E-state index contributed by atoms with van der Waals surface area (Å²) in [6, 6.07) is 6.14. The third kappa shape index (κ3) is 6.04. The Morgan fingerprint density at radius 3 is 2.38 bits per heavy atom. The van der Waals surface area contributed by atoms with E-state index in [9.17, 15) is 9.59 Å². The van der Waals surface area contributed by atoms with E-state index in [0.717, 1.165) is 6.42 Å². The van der Waals surface area contributed by atoms with Crippen LogP contribution in [0, 0.1) is 0 Å². The zero-order valence-corrected chi connectivity index (χ0v) is 13.2. The monoisotopic (exact) mass is 312 g/mol. The summed E-state index contributed by atoms with van der Waals surface area (Å²) in [5, 5.41) is 5.94. The lowest BCUT2D eigenvalue weighted by Gasteiger charge is -2.18. The van der Waals surface area contributed by atoms with E-state index in [1.165, 1.54) is 0 Å². The Morgan fingerprint density at radius 2 is 1.81 bits per heavy atom. The standard InChI is InChI=1S/C15H21ClN2O3/c1-4-9-17-14(19)10(2)18-15(20)11(3)21-13-7-5-12(16)6-8-13/h5-8,10-11H,4,9H2,1-3H3,(H,17,19)(H,18,20)/t10-,11+/m0/s1. The maximum absolute atomic E-state index is 12.0. The van der Waals surface area contributed by atoms with Crippen molar-refractivity contribution in [3.8, 4) is 5.75 Å². The third-order valence-electron chi connectivity index (χ3n) is 2.80. The molecule has 0 saturated carbocycles. The molecule has 0 heterocycles. The fourth-order valence-electron chi connectivity index (χ4n) is 1.57. The molecular weight excluding hydrogens is 292 g/mol. The maximum atomic E-state index is 12.0. The number of benzene rings is 1. The van der Waals surface area contributed by atoms with Gasteiger partial charge in [0.2, 0.25) is 5.91 Å². The summed E-state index contributed by atoms with van der Waals surface area (Å²) in [5.41, 5.74) is 0. The van der Waals surface area contributed by atoms with Gasteiger partial charge in [0, 0.05) is 11.6 Å². The molecule has 2 atom stereocenters. The number of hydrogen-bond donors (Lipinski definition) is 2. The highest BCUT2D eigenvalue weighted by atomic mass is 35.5. The molecule has 0 aliphatic rings.